The largest absolute Gasteiger partial charge is 0.491 e. The average Bonchev–Trinajstić information content (AvgIpc) is 2.64. The van der Waals surface area contributed by atoms with Gasteiger partial charge in [0.15, 0.2) is 0 Å². The number of ether oxygens (including phenoxy) is 1. The SMILES string of the molecule is Cc1ccccc1OCCN(C)C(=O)CCNC(=O)Cc1ccccc1. The van der Waals surface area contributed by atoms with Gasteiger partial charge in [-0.05, 0) is 24.1 Å². The molecule has 5 heteroatoms. The van der Waals surface area contributed by atoms with Gasteiger partial charge in [-0.2, -0.15) is 0 Å². The number of rotatable bonds is 9. The number of hydrogen-bond acceptors (Lipinski definition) is 3. The minimum Gasteiger partial charge on any atom is -0.491 e. The third kappa shape index (κ3) is 6.59. The van der Waals surface area contributed by atoms with Gasteiger partial charge >= 0.3 is 0 Å². The molecule has 0 radical (unpaired) electrons. The Hall–Kier alpha value is -2.82. The first-order valence-corrected chi connectivity index (χ1v) is 8.79. The lowest BCUT2D eigenvalue weighted by Gasteiger charge is -2.18. The van der Waals surface area contributed by atoms with Crippen molar-refractivity contribution in [2.75, 3.05) is 26.7 Å². The molecule has 0 saturated heterocycles. The standard InChI is InChI=1S/C21H26N2O3/c1-17-8-6-7-11-19(17)26-15-14-23(2)21(25)12-13-22-20(24)16-18-9-4-3-5-10-18/h3-11H,12-16H2,1-2H3,(H,22,24). The van der Waals surface area contributed by atoms with Crippen LogP contribution in [0.25, 0.3) is 0 Å². The predicted molar refractivity (Wildman–Crippen MR) is 102 cm³/mol. The summed E-state index contributed by atoms with van der Waals surface area (Å²) in [5.41, 5.74) is 2.03. The van der Waals surface area contributed by atoms with Crippen LogP contribution in [0.4, 0.5) is 0 Å². The van der Waals surface area contributed by atoms with Gasteiger partial charge in [-0.15, -0.1) is 0 Å². The molecule has 26 heavy (non-hydrogen) atoms. The molecule has 2 rings (SSSR count). The summed E-state index contributed by atoms with van der Waals surface area (Å²) < 4.78 is 5.70. The molecule has 0 heterocycles. The van der Waals surface area contributed by atoms with Crippen LogP contribution in [-0.2, 0) is 16.0 Å². The van der Waals surface area contributed by atoms with Gasteiger partial charge in [0.25, 0.3) is 0 Å². The number of likely N-dealkylation sites (N-methyl/N-ethyl adjacent to an activating group) is 1. The Morgan fingerprint density at radius 2 is 1.73 bits per heavy atom. The lowest BCUT2D eigenvalue weighted by atomic mass is 10.1. The lowest BCUT2D eigenvalue weighted by Crippen LogP contribution is -2.34. The predicted octanol–water partition coefficient (Wildman–Crippen LogP) is 2.58. The fraction of sp³-hybridized carbons (Fsp3) is 0.333. The van der Waals surface area contributed by atoms with Crippen molar-refractivity contribution in [1.82, 2.24) is 10.2 Å². The molecule has 0 aromatic heterocycles. The van der Waals surface area contributed by atoms with Gasteiger partial charge in [0, 0.05) is 20.0 Å². The van der Waals surface area contributed by atoms with E-state index < -0.39 is 0 Å². The second kappa shape index (κ2) is 10.2. The number of carbonyl (C=O) groups excluding carboxylic acids is 2. The number of nitrogens with one attached hydrogen (secondary N) is 1. The third-order valence-electron chi connectivity index (χ3n) is 4.07. The van der Waals surface area contributed by atoms with Crippen molar-refractivity contribution in [3.63, 3.8) is 0 Å². The highest BCUT2D eigenvalue weighted by atomic mass is 16.5. The van der Waals surface area contributed by atoms with E-state index in [-0.39, 0.29) is 18.2 Å². The molecule has 2 aromatic rings. The number of hydrogen-bond donors (Lipinski definition) is 1. The molecule has 0 unspecified atom stereocenters. The van der Waals surface area contributed by atoms with Crippen LogP contribution in [0.1, 0.15) is 17.5 Å². The van der Waals surface area contributed by atoms with E-state index in [0.717, 1.165) is 16.9 Å². The summed E-state index contributed by atoms with van der Waals surface area (Å²) in [4.78, 5) is 25.6. The van der Waals surface area contributed by atoms with Crippen molar-refractivity contribution in [2.24, 2.45) is 0 Å². The first-order chi connectivity index (χ1) is 12.6. The van der Waals surface area contributed by atoms with Crippen molar-refractivity contribution in [3.05, 3.63) is 65.7 Å². The van der Waals surface area contributed by atoms with Crippen LogP contribution < -0.4 is 10.1 Å². The van der Waals surface area contributed by atoms with Gasteiger partial charge in [-0.1, -0.05) is 48.5 Å². The number of benzene rings is 2. The van der Waals surface area contributed by atoms with Gasteiger partial charge < -0.3 is 15.0 Å². The van der Waals surface area contributed by atoms with Gasteiger partial charge in [0.1, 0.15) is 12.4 Å². The van der Waals surface area contributed by atoms with Crippen molar-refractivity contribution >= 4 is 11.8 Å². The first-order valence-electron chi connectivity index (χ1n) is 8.79. The maximum absolute atomic E-state index is 12.1. The minimum atomic E-state index is -0.0745. The molecule has 2 aromatic carbocycles. The van der Waals surface area contributed by atoms with E-state index in [9.17, 15) is 9.59 Å². The molecular formula is C21H26N2O3. The van der Waals surface area contributed by atoms with Crippen molar-refractivity contribution in [3.8, 4) is 5.75 Å². The van der Waals surface area contributed by atoms with E-state index in [2.05, 4.69) is 5.32 Å². The monoisotopic (exact) mass is 354 g/mol. The summed E-state index contributed by atoms with van der Waals surface area (Å²) in [5, 5.41) is 2.79. The quantitative estimate of drug-likeness (QED) is 0.753. The number of carbonyl (C=O) groups is 2. The molecule has 2 amide bonds. The Kier molecular flexibility index (Phi) is 7.68. The van der Waals surface area contributed by atoms with Crippen molar-refractivity contribution in [2.45, 2.75) is 19.8 Å². The van der Waals surface area contributed by atoms with Gasteiger partial charge in [-0.25, -0.2) is 0 Å². The normalized spacial score (nSPS) is 10.2. The molecule has 0 atom stereocenters. The molecular weight excluding hydrogens is 328 g/mol. The number of aryl methyl sites for hydroxylation is 1. The topological polar surface area (TPSA) is 58.6 Å². The molecule has 5 nitrogen and oxygen atoms in total. The molecule has 0 aliphatic heterocycles. The van der Waals surface area contributed by atoms with E-state index in [4.69, 9.17) is 4.74 Å². The zero-order valence-electron chi connectivity index (χ0n) is 15.4. The fourth-order valence-corrected chi connectivity index (χ4v) is 2.48. The Morgan fingerprint density at radius 3 is 2.46 bits per heavy atom. The zero-order chi connectivity index (χ0) is 18.8. The number of nitrogens with zero attached hydrogens (tertiary/aromatic N) is 1. The van der Waals surface area contributed by atoms with Gasteiger partial charge in [0.2, 0.25) is 11.8 Å². The molecule has 0 fully saturated rings. The summed E-state index contributed by atoms with van der Waals surface area (Å²) in [6.45, 7) is 3.27. The summed E-state index contributed by atoms with van der Waals surface area (Å²) >= 11 is 0. The van der Waals surface area contributed by atoms with Crippen LogP contribution in [0.5, 0.6) is 5.75 Å². The van der Waals surface area contributed by atoms with Crippen LogP contribution in [-0.4, -0.2) is 43.5 Å². The van der Waals surface area contributed by atoms with E-state index in [1.807, 2.05) is 61.5 Å². The molecule has 138 valence electrons. The molecule has 0 aliphatic rings. The number of para-hydroxylation sites is 1. The van der Waals surface area contributed by atoms with Gasteiger partial charge in [0.05, 0.1) is 13.0 Å². The van der Waals surface area contributed by atoms with Crippen LogP contribution in [0.15, 0.2) is 54.6 Å². The van der Waals surface area contributed by atoms with E-state index in [1.54, 1.807) is 11.9 Å². The highest BCUT2D eigenvalue weighted by Crippen LogP contribution is 2.15. The smallest absolute Gasteiger partial charge is 0.224 e. The second-order valence-corrected chi connectivity index (χ2v) is 6.19. The Morgan fingerprint density at radius 1 is 1.04 bits per heavy atom. The summed E-state index contributed by atoms with van der Waals surface area (Å²) in [5.74, 6) is 0.745. The van der Waals surface area contributed by atoms with Crippen LogP contribution >= 0.6 is 0 Å². The summed E-state index contributed by atoms with van der Waals surface area (Å²) in [6, 6.07) is 17.3. The Bertz CT molecular complexity index is 716. The maximum atomic E-state index is 12.1. The third-order valence-corrected chi connectivity index (χ3v) is 4.07. The number of amides is 2. The van der Waals surface area contributed by atoms with Crippen LogP contribution in [0, 0.1) is 6.92 Å². The van der Waals surface area contributed by atoms with Gasteiger partial charge in [-0.3, -0.25) is 9.59 Å². The van der Waals surface area contributed by atoms with Crippen molar-refractivity contribution < 1.29 is 14.3 Å². The fourth-order valence-electron chi connectivity index (χ4n) is 2.48. The highest BCUT2D eigenvalue weighted by molar-refractivity contribution is 5.80. The zero-order valence-corrected chi connectivity index (χ0v) is 15.4. The maximum Gasteiger partial charge on any atom is 0.224 e. The van der Waals surface area contributed by atoms with E-state index >= 15 is 0 Å². The van der Waals surface area contributed by atoms with E-state index in [0.29, 0.717) is 26.1 Å². The van der Waals surface area contributed by atoms with Crippen LogP contribution in [0.3, 0.4) is 0 Å². The first kappa shape index (κ1) is 19.5. The van der Waals surface area contributed by atoms with Crippen molar-refractivity contribution in [1.29, 1.82) is 0 Å². The molecule has 0 saturated carbocycles. The Balaban J connectivity index is 1.62. The highest BCUT2D eigenvalue weighted by Gasteiger charge is 2.10. The van der Waals surface area contributed by atoms with E-state index in [1.165, 1.54) is 0 Å². The molecule has 0 aliphatic carbocycles. The molecule has 1 N–H and O–H groups in total. The minimum absolute atomic E-state index is 0.0154. The summed E-state index contributed by atoms with van der Waals surface area (Å²) in [6.07, 6.45) is 0.608. The molecule has 0 bridgehead atoms. The second-order valence-electron chi connectivity index (χ2n) is 6.19. The Labute approximate surface area is 155 Å². The lowest BCUT2D eigenvalue weighted by molar-refractivity contribution is -0.130. The molecule has 0 spiro atoms. The summed E-state index contributed by atoms with van der Waals surface area (Å²) in [7, 11) is 1.75. The average molecular weight is 354 g/mol. The van der Waals surface area contributed by atoms with Crippen LogP contribution in [0.2, 0.25) is 0 Å².